The molecule has 0 saturated carbocycles. The number of thiazole rings is 1. The molecule has 1 aromatic heterocycles. The summed E-state index contributed by atoms with van der Waals surface area (Å²) in [7, 11) is 0. The van der Waals surface area contributed by atoms with Gasteiger partial charge in [0.15, 0.2) is 0 Å². The molecule has 0 radical (unpaired) electrons. The van der Waals surface area contributed by atoms with Crippen molar-refractivity contribution in [2.45, 2.75) is 38.8 Å². The van der Waals surface area contributed by atoms with E-state index in [-0.39, 0.29) is 6.04 Å². The Morgan fingerprint density at radius 3 is 2.80 bits per heavy atom. The summed E-state index contributed by atoms with van der Waals surface area (Å²) in [6, 6.07) is 0.0661. The van der Waals surface area contributed by atoms with E-state index in [0.717, 1.165) is 12.2 Å². The predicted molar refractivity (Wildman–Crippen MR) is 63.8 cm³/mol. The lowest BCUT2D eigenvalue weighted by Gasteiger charge is -2.25. The minimum atomic E-state index is 0.0661. The maximum absolute atomic E-state index is 5.79. The SMILES string of the molecule is CC(N)c1csc(CN2CCCCC2)n1. The highest BCUT2D eigenvalue weighted by molar-refractivity contribution is 7.09. The van der Waals surface area contributed by atoms with E-state index in [1.54, 1.807) is 11.3 Å². The van der Waals surface area contributed by atoms with E-state index in [1.807, 2.05) is 6.92 Å². The third kappa shape index (κ3) is 3.00. The molecule has 4 heteroatoms. The molecule has 2 heterocycles. The fourth-order valence-electron chi connectivity index (χ4n) is 1.92. The summed E-state index contributed by atoms with van der Waals surface area (Å²) in [6.07, 6.45) is 4.07. The van der Waals surface area contributed by atoms with Gasteiger partial charge in [0.05, 0.1) is 12.2 Å². The normalized spacial score (nSPS) is 20.4. The summed E-state index contributed by atoms with van der Waals surface area (Å²) in [4.78, 5) is 7.05. The number of likely N-dealkylation sites (tertiary alicyclic amines) is 1. The van der Waals surface area contributed by atoms with Crippen LogP contribution in [0.4, 0.5) is 0 Å². The molecule has 0 bridgehead atoms. The highest BCUT2D eigenvalue weighted by Gasteiger charge is 2.13. The van der Waals surface area contributed by atoms with E-state index < -0.39 is 0 Å². The van der Waals surface area contributed by atoms with Crippen molar-refractivity contribution in [1.29, 1.82) is 0 Å². The molecule has 0 spiro atoms. The van der Waals surface area contributed by atoms with Crippen LogP contribution >= 0.6 is 11.3 Å². The lowest BCUT2D eigenvalue weighted by molar-refractivity contribution is 0.220. The van der Waals surface area contributed by atoms with Crippen LogP contribution in [-0.4, -0.2) is 23.0 Å². The molecular weight excluding hydrogens is 206 g/mol. The molecule has 1 aliphatic heterocycles. The maximum atomic E-state index is 5.79. The largest absolute Gasteiger partial charge is 0.323 e. The van der Waals surface area contributed by atoms with Gasteiger partial charge >= 0.3 is 0 Å². The molecule has 1 atom stereocenters. The number of nitrogens with two attached hydrogens (primary N) is 1. The van der Waals surface area contributed by atoms with Gasteiger partial charge < -0.3 is 5.73 Å². The molecule has 0 aliphatic carbocycles. The zero-order chi connectivity index (χ0) is 10.7. The minimum absolute atomic E-state index is 0.0661. The number of piperidine rings is 1. The highest BCUT2D eigenvalue weighted by Crippen LogP contribution is 2.18. The predicted octanol–water partition coefficient (Wildman–Crippen LogP) is 2.15. The Kier molecular flexibility index (Phi) is 3.72. The van der Waals surface area contributed by atoms with Gasteiger partial charge in [0.2, 0.25) is 0 Å². The molecule has 2 rings (SSSR count). The van der Waals surface area contributed by atoms with Gasteiger partial charge in [0.25, 0.3) is 0 Å². The van der Waals surface area contributed by atoms with E-state index >= 15 is 0 Å². The Morgan fingerprint density at radius 2 is 2.20 bits per heavy atom. The lowest BCUT2D eigenvalue weighted by Crippen LogP contribution is -2.29. The number of hydrogen-bond donors (Lipinski definition) is 1. The second-order valence-corrected chi connectivity index (χ2v) is 5.23. The van der Waals surface area contributed by atoms with E-state index in [4.69, 9.17) is 5.73 Å². The summed E-state index contributed by atoms with van der Waals surface area (Å²) in [5, 5.41) is 3.30. The van der Waals surface area contributed by atoms with Crippen molar-refractivity contribution in [3.8, 4) is 0 Å². The fourth-order valence-corrected chi connectivity index (χ4v) is 2.86. The lowest BCUT2D eigenvalue weighted by atomic mass is 10.1. The Morgan fingerprint density at radius 1 is 1.47 bits per heavy atom. The third-order valence-corrected chi connectivity index (χ3v) is 3.70. The van der Waals surface area contributed by atoms with Crippen molar-refractivity contribution in [2.75, 3.05) is 13.1 Å². The molecule has 84 valence electrons. The molecule has 0 aromatic carbocycles. The van der Waals surface area contributed by atoms with Crippen molar-refractivity contribution < 1.29 is 0 Å². The van der Waals surface area contributed by atoms with E-state index in [0.29, 0.717) is 0 Å². The maximum Gasteiger partial charge on any atom is 0.107 e. The standard InChI is InChI=1S/C11H19N3S/c1-9(12)10-8-15-11(13-10)7-14-5-3-2-4-6-14/h8-9H,2-7,12H2,1H3. The van der Waals surface area contributed by atoms with E-state index in [1.165, 1.54) is 37.4 Å². The Balaban J connectivity index is 1.91. The first-order valence-electron chi connectivity index (χ1n) is 5.68. The molecule has 15 heavy (non-hydrogen) atoms. The van der Waals surface area contributed by atoms with Gasteiger partial charge in [-0.05, 0) is 32.9 Å². The molecule has 2 N–H and O–H groups in total. The summed E-state index contributed by atoms with van der Waals surface area (Å²) in [5.74, 6) is 0. The Bertz CT molecular complexity index is 303. The average Bonchev–Trinajstić information content (AvgIpc) is 2.68. The number of rotatable bonds is 3. The van der Waals surface area contributed by atoms with Crippen LogP contribution in [0.3, 0.4) is 0 Å². The van der Waals surface area contributed by atoms with Gasteiger partial charge in [-0.1, -0.05) is 6.42 Å². The van der Waals surface area contributed by atoms with Gasteiger partial charge in [-0.3, -0.25) is 4.90 Å². The Labute approximate surface area is 95.3 Å². The molecule has 3 nitrogen and oxygen atoms in total. The fraction of sp³-hybridized carbons (Fsp3) is 0.727. The molecule has 1 fully saturated rings. The molecule has 1 aromatic rings. The highest BCUT2D eigenvalue weighted by atomic mass is 32.1. The van der Waals surface area contributed by atoms with E-state index in [2.05, 4.69) is 15.3 Å². The van der Waals surface area contributed by atoms with Crippen molar-refractivity contribution in [2.24, 2.45) is 5.73 Å². The molecule has 1 saturated heterocycles. The molecule has 1 unspecified atom stereocenters. The first-order valence-corrected chi connectivity index (χ1v) is 6.56. The van der Waals surface area contributed by atoms with Gasteiger partial charge in [0.1, 0.15) is 5.01 Å². The van der Waals surface area contributed by atoms with Crippen LogP contribution in [0.15, 0.2) is 5.38 Å². The molecular formula is C11H19N3S. The summed E-state index contributed by atoms with van der Waals surface area (Å²) in [5.41, 5.74) is 6.83. The second-order valence-electron chi connectivity index (χ2n) is 4.29. The zero-order valence-electron chi connectivity index (χ0n) is 9.28. The monoisotopic (exact) mass is 225 g/mol. The third-order valence-electron chi connectivity index (χ3n) is 2.84. The van der Waals surface area contributed by atoms with Crippen molar-refractivity contribution >= 4 is 11.3 Å². The van der Waals surface area contributed by atoms with Crippen molar-refractivity contribution in [3.63, 3.8) is 0 Å². The van der Waals surface area contributed by atoms with Crippen LogP contribution in [-0.2, 0) is 6.54 Å². The first kappa shape index (κ1) is 11.0. The zero-order valence-corrected chi connectivity index (χ0v) is 10.1. The van der Waals surface area contributed by atoms with Crippen LogP contribution in [0.5, 0.6) is 0 Å². The summed E-state index contributed by atoms with van der Waals surface area (Å²) >= 11 is 1.74. The smallest absolute Gasteiger partial charge is 0.107 e. The van der Waals surface area contributed by atoms with Gasteiger partial charge in [-0.2, -0.15) is 0 Å². The van der Waals surface area contributed by atoms with E-state index in [9.17, 15) is 0 Å². The van der Waals surface area contributed by atoms with Crippen LogP contribution in [0, 0.1) is 0 Å². The molecule has 1 aliphatic rings. The van der Waals surface area contributed by atoms with Gasteiger partial charge in [0, 0.05) is 11.4 Å². The van der Waals surface area contributed by atoms with Crippen LogP contribution in [0.2, 0.25) is 0 Å². The number of nitrogens with zero attached hydrogens (tertiary/aromatic N) is 2. The van der Waals surface area contributed by atoms with Crippen LogP contribution < -0.4 is 5.73 Å². The first-order chi connectivity index (χ1) is 7.25. The quantitative estimate of drug-likeness (QED) is 0.857. The minimum Gasteiger partial charge on any atom is -0.323 e. The van der Waals surface area contributed by atoms with Crippen LogP contribution in [0.25, 0.3) is 0 Å². The van der Waals surface area contributed by atoms with Gasteiger partial charge in [-0.15, -0.1) is 11.3 Å². The second kappa shape index (κ2) is 5.05. The van der Waals surface area contributed by atoms with Crippen molar-refractivity contribution in [3.05, 3.63) is 16.1 Å². The molecule has 0 amide bonds. The van der Waals surface area contributed by atoms with Gasteiger partial charge in [-0.25, -0.2) is 4.98 Å². The summed E-state index contributed by atoms with van der Waals surface area (Å²) in [6.45, 7) is 5.46. The van der Waals surface area contributed by atoms with Crippen LogP contribution in [0.1, 0.15) is 42.9 Å². The number of aromatic nitrogens is 1. The van der Waals surface area contributed by atoms with Crippen molar-refractivity contribution in [1.82, 2.24) is 9.88 Å². The number of hydrogen-bond acceptors (Lipinski definition) is 4. The summed E-state index contributed by atoms with van der Waals surface area (Å²) < 4.78 is 0. The Hall–Kier alpha value is -0.450. The average molecular weight is 225 g/mol. The topological polar surface area (TPSA) is 42.1 Å².